The number of carbonyl (C=O) groups is 1. The lowest BCUT2D eigenvalue weighted by Gasteiger charge is -2.50. The quantitative estimate of drug-likeness (QED) is 0.563. The number of likely N-dealkylation sites (N-methyl/N-ethyl adjacent to an activating group) is 1. The van der Waals surface area contributed by atoms with E-state index in [4.69, 9.17) is 5.73 Å². The van der Waals surface area contributed by atoms with Crippen molar-refractivity contribution in [3.8, 4) is 0 Å². The normalized spacial score (nSPS) is 24.1. The van der Waals surface area contributed by atoms with Crippen molar-refractivity contribution in [2.45, 2.75) is 31.1 Å². The number of aliphatic imine (C=N–C) groups is 1. The molecule has 1 atom stereocenters. The molecule has 0 saturated carbocycles. The van der Waals surface area contributed by atoms with Crippen LogP contribution in [-0.4, -0.2) is 48.5 Å². The highest BCUT2D eigenvalue weighted by molar-refractivity contribution is 8.24. The van der Waals surface area contributed by atoms with E-state index in [-0.39, 0.29) is 29.3 Å². The summed E-state index contributed by atoms with van der Waals surface area (Å²) in [5.41, 5.74) is 5.21. The molecule has 1 aliphatic rings. The molecule has 31 heavy (non-hydrogen) atoms. The van der Waals surface area contributed by atoms with E-state index in [1.165, 1.54) is 35.6 Å². The highest BCUT2D eigenvalue weighted by Gasteiger charge is 2.48. The van der Waals surface area contributed by atoms with E-state index in [1.54, 1.807) is 20.8 Å². The third kappa shape index (κ3) is 4.13. The second-order valence-electron chi connectivity index (χ2n) is 8.10. The molecule has 0 radical (unpaired) electrons. The molecular weight excluding hydrogens is 428 g/mol. The number of amides is 1. The van der Waals surface area contributed by atoms with Gasteiger partial charge in [0.25, 0.3) is 5.91 Å². The van der Waals surface area contributed by atoms with Gasteiger partial charge in [0.1, 0.15) is 33.4 Å². The highest BCUT2D eigenvalue weighted by Crippen LogP contribution is 2.57. The Labute approximate surface area is 180 Å². The fourth-order valence-corrected chi connectivity index (χ4v) is 4.89. The first-order valence-electron chi connectivity index (χ1n) is 9.36. The average molecular weight is 454 g/mol. The van der Waals surface area contributed by atoms with Gasteiger partial charge in [0, 0.05) is 24.8 Å². The monoisotopic (exact) mass is 453 g/mol. The molecule has 2 heterocycles. The van der Waals surface area contributed by atoms with Gasteiger partial charge >= 0.3 is 0 Å². The summed E-state index contributed by atoms with van der Waals surface area (Å²) in [6, 6.07) is 6.29. The molecule has 5 N–H and O–H groups in total. The van der Waals surface area contributed by atoms with Crippen LogP contribution in [0.1, 0.15) is 36.8 Å². The van der Waals surface area contributed by atoms with Crippen LogP contribution in [-0.2, 0) is 5.54 Å². The SMILES string of the molecule is CN1C[C@@](C)(c2cc(NC(=O)c3ccc(F)cn3)ccc2F)N=C(N)C(C)(C)S1(O)O. The van der Waals surface area contributed by atoms with Crippen LogP contribution in [0.4, 0.5) is 14.5 Å². The van der Waals surface area contributed by atoms with E-state index in [0.29, 0.717) is 0 Å². The number of pyridine rings is 1. The van der Waals surface area contributed by atoms with Crippen molar-refractivity contribution in [2.24, 2.45) is 10.7 Å². The van der Waals surface area contributed by atoms with Gasteiger partial charge in [0.05, 0.1) is 6.20 Å². The van der Waals surface area contributed by atoms with Crippen molar-refractivity contribution in [2.75, 3.05) is 18.9 Å². The van der Waals surface area contributed by atoms with Gasteiger partial charge in [-0.25, -0.2) is 18.1 Å². The van der Waals surface area contributed by atoms with Crippen LogP contribution in [0.25, 0.3) is 0 Å². The Morgan fingerprint density at radius 2 is 1.90 bits per heavy atom. The van der Waals surface area contributed by atoms with E-state index in [1.807, 2.05) is 0 Å². The van der Waals surface area contributed by atoms with Gasteiger partial charge < -0.3 is 11.1 Å². The predicted molar refractivity (Wildman–Crippen MR) is 117 cm³/mol. The maximum absolute atomic E-state index is 14.9. The van der Waals surface area contributed by atoms with E-state index in [9.17, 15) is 22.7 Å². The van der Waals surface area contributed by atoms with Crippen LogP contribution in [0.15, 0.2) is 41.5 Å². The summed E-state index contributed by atoms with van der Waals surface area (Å²) in [6.07, 6.45) is 0.922. The van der Waals surface area contributed by atoms with Crippen molar-refractivity contribution in [3.63, 3.8) is 0 Å². The number of carbonyl (C=O) groups excluding carboxylic acids is 1. The van der Waals surface area contributed by atoms with Crippen molar-refractivity contribution >= 4 is 28.2 Å². The fraction of sp³-hybridized carbons (Fsp3) is 0.350. The lowest BCUT2D eigenvalue weighted by Crippen LogP contribution is -2.46. The zero-order chi connectivity index (χ0) is 23.2. The Bertz CT molecular complexity index is 1050. The second-order valence-corrected chi connectivity index (χ2v) is 10.8. The minimum atomic E-state index is -3.34. The van der Waals surface area contributed by atoms with Gasteiger partial charge in [-0.15, -0.1) is 10.8 Å². The fourth-order valence-electron chi connectivity index (χ4n) is 3.36. The predicted octanol–water partition coefficient (Wildman–Crippen LogP) is 3.57. The summed E-state index contributed by atoms with van der Waals surface area (Å²) >= 11 is 0. The maximum Gasteiger partial charge on any atom is 0.274 e. The number of nitrogens with two attached hydrogens (primary N) is 1. The molecular formula is C20H25F2N5O3S. The summed E-state index contributed by atoms with van der Waals surface area (Å²) in [5.74, 6) is -1.79. The summed E-state index contributed by atoms with van der Waals surface area (Å²) in [5, 5.41) is 2.59. The number of nitrogens with zero attached hydrogens (tertiary/aromatic N) is 3. The zero-order valence-electron chi connectivity index (χ0n) is 17.6. The van der Waals surface area contributed by atoms with Gasteiger partial charge in [0.2, 0.25) is 0 Å². The van der Waals surface area contributed by atoms with Crippen LogP contribution in [0.5, 0.6) is 0 Å². The van der Waals surface area contributed by atoms with E-state index in [2.05, 4.69) is 15.3 Å². The molecule has 1 aromatic heterocycles. The van der Waals surface area contributed by atoms with Crippen molar-refractivity contribution in [1.29, 1.82) is 0 Å². The van der Waals surface area contributed by atoms with Crippen molar-refractivity contribution in [3.05, 3.63) is 59.4 Å². The third-order valence-electron chi connectivity index (χ3n) is 5.40. The van der Waals surface area contributed by atoms with Crippen LogP contribution >= 0.6 is 10.8 Å². The molecule has 0 fully saturated rings. The molecule has 8 nitrogen and oxygen atoms in total. The maximum atomic E-state index is 14.9. The van der Waals surface area contributed by atoms with E-state index in [0.717, 1.165) is 12.3 Å². The van der Waals surface area contributed by atoms with Gasteiger partial charge in [-0.05, 0) is 51.1 Å². The number of benzene rings is 1. The van der Waals surface area contributed by atoms with E-state index >= 15 is 0 Å². The Hall–Kier alpha value is -2.60. The number of halogens is 2. The number of nitrogens with one attached hydrogen (secondary N) is 1. The topological polar surface area (TPSA) is 124 Å². The molecule has 0 spiro atoms. The molecule has 0 unspecified atom stereocenters. The molecule has 0 aliphatic carbocycles. The van der Waals surface area contributed by atoms with Gasteiger partial charge in [-0.1, -0.05) is 0 Å². The lowest BCUT2D eigenvalue weighted by atomic mass is 9.91. The number of anilines is 1. The lowest BCUT2D eigenvalue weighted by molar-refractivity contribution is 0.102. The van der Waals surface area contributed by atoms with Crippen LogP contribution in [0, 0.1) is 11.6 Å². The summed E-state index contributed by atoms with van der Waals surface area (Å²) in [4.78, 5) is 20.6. The van der Waals surface area contributed by atoms with Crippen LogP contribution < -0.4 is 11.1 Å². The van der Waals surface area contributed by atoms with E-state index < -0.39 is 38.6 Å². The summed E-state index contributed by atoms with van der Waals surface area (Å²) in [7, 11) is -1.83. The van der Waals surface area contributed by atoms with Crippen LogP contribution in [0.3, 0.4) is 0 Å². The minimum absolute atomic E-state index is 0.00866. The smallest absolute Gasteiger partial charge is 0.274 e. The highest BCUT2D eigenvalue weighted by atomic mass is 32.3. The summed E-state index contributed by atoms with van der Waals surface area (Å²) in [6.45, 7) is 4.71. The third-order valence-corrected chi connectivity index (χ3v) is 7.98. The van der Waals surface area contributed by atoms with Gasteiger partial charge in [-0.2, -0.15) is 0 Å². The second kappa shape index (κ2) is 7.83. The zero-order valence-corrected chi connectivity index (χ0v) is 18.4. The van der Waals surface area contributed by atoms with Gasteiger partial charge in [-0.3, -0.25) is 18.9 Å². The molecule has 2 aromatic rings. The number of hydrogen-bond donors (Lipinski definition) is 4. The molecule has 0 bridgehead atoms. The first kappa shape index (κ1) is 23.1. The minimum Gasteiger partial charge on any atom is -0.386 e. The number of amidine groups is 1. The van der Waals surface area contributed by atoms with Crippen molar-refractivity contribution < 1.29 is 22.7 Å². The van der Waals surface area contributed by atoms with Crippen LogP contribution in [0.2, 0.25) is 0 Å². The Morgan fingerprint density at radius 1 is 1.23 bits per heavy atom. The molecule has 0 saturated heterocycles. The molecule has 1 amide bonds. The first-order valence-corrected chi connectivity index (χ1v) is 10.9. The molecule has 168 valence electrons. The average Bonchev–Trinajstić information content (AvgIpc) is 2.72. The Morgan fingerprint density at radius 3 is 2.52 bits per heavy atom. The molecule has 11 heteroatoms. The Kier molecular flexibility index (Phi) is 5.82. The molecule has 1 aliphatic heterocycles. The standard InChI is InChI=1S/C20H25F2N5O3S/c1-19(2)18(23)26-20(3,11-27(4)31(19,29)30)14-9-13(6-7-15(14)22)25-17(28)16-8-5-12(21)10-24-16/h5-10,29-30H,11H2,1-4H3,(H2,23,26)(H,25,28)/t20-/m0/s1. The number of hydrogen-bond acceptors (Lipinski definition) is 7. The number of aromatic nitrogens is 1. The Balaban J connectivity index is 2.00. The van der Waals surface area contributed by atoms with Gasteiger partial charge in [0.15, 0.2) is 0 Å². The molecule has 1 aromatic carbocycles. The largest absolute Gasteiger partial charge is 0.386 e. The summed E-state index contributed by atoms with van der Waals surface area (Å²) < 4.78 is 49.4. The number of rotatable bonds is 3. The van der Waals surface area contributed by atoms with Crippen molar-refractivity contribution in [1.82, 2.24) is 9.29 Å². The first-order chi connectivity index (χ1) is 14.3. The molecule has 3 rings (SSSR count).